The zero-order chi connectivity index (χ0) is 17.8. The molecule has 128 valence electrons. The summed E-state index contributed by atoms with van der Waals surface area (Å²) in [6.07, 6.45) is 0. The summed E-state index contributed by atoms with van der Waals surface area (Å²) in [6.45, 7) is 4.07. The third-order valence-corrected chi connectivity index (χ3v) is 5.68. The first-order valence-electron chi connectivity index (χ1n) is 8.05. The Kier molecular flexibility index (Phi) is 3.35. The van der Waals surface area contributed by atoms with Crippen LogP contribution in [0.15, 0.2) is 42.5 Å². The standard InChI is InChI=1S/C18H13ClN6S/c1-10-4-3-5-14-16(10)24-17(21-22-18(24)26-14)15-11(2)25(23-20-15)13-8-6-12(19)7-9-13/h3-9H,1-2H3. The van der Waals surface area contributed by atoms with Gasteiger partial charge in [0.05, 0.1) is 21.6 Å². The number of aryl methyl sites for hydroxylation is 1. The van der Waals surface area contributed by atoms with E-state index in [1.165, 1.54) is 10.3 Å². The van der Waals surface area contributed by atoms with Gasteiger partial charge in [0.2, 0.25) is 4.96 Å². The Balaban J connectivity index is 1.74. The quantitative estimate of drug-likeness (QED) is 0.453. The first kappa shape index (κ1) is 15.5. The van der Waals surface area contributed by atoms with Crippen molar-refractivity contribution < 1.29 is 0 Å². The molecule has 2 aromatic carbocycles. The molecule has 0 N–H and O–H groups in total. The van der Waals surface area contributed by atoms with E-state index in [9.17, 15) is 0 Å². The third kappa shape index (κ3) is 2.17. The summed E-state index contributed by atoms with van der Waals surface area (Å²) in [5.41, 5.74) is 4.81. The van der Waals surface area contributed by atoms with Gasteiger partial charge in [-0.05, 0) is 49.7 Å². The van der Waals surface area contributed by atoms with E-state index >= 15 is 0 Å². The molecule has 0 saturated carbocycles. The van der Waals surface area contributed by atoms with Crippen LogP contribution in [0.3, 0.4) is 0 Å². The Morgan fingerprint density at radius 2 is 1.77 bits per heavy atom. The van der Waals surface area contributed by atoms with Crippen molar-refractivity contribution in [2.24, 2.45) is 0 Å². The largest absolute Gasteiger partial charge is 0.264 e. The molecule has 0 atom stereocenters. The van der Waals surface area contributed by atoms with Crippen LogP contribution in [-0.2, 0) is 0 Å². The lowest BCUT2D eigenvalue weighted by Gasteiger charge is -2.04. The molecule has 3 aromatic heterocycles. The molecule has 3 heterocycles. The van der Waals surface area contributed by atoms with Gasteiger partial charge in [0.15, 0.2) is 11.5 Å². The second-order valence-corrected chi connectivity index (χ2v) is 7.52. The van der Waals surface area contributed by atoms with Crippen molar-refractivity contribution in [3.63, 3.8) is 0 Å². The first-order chi connectivity index (χ1) is 12.6. The highest BCUT2D eigenvalue weighted by molar-refractivity contribution is 7.23. The van der Waals surface area contributed by atoms with Crippen LogP contribution >= 0.6 is 22.9 Å². The SMILES string of the molecule is Cc1cccc2sc3nnc(-c4nnn(-c5ccc(Cl)cc5)c4C)n3c12. The minimum absolute atomic E-state index is 0.686. The number of fused-ring (bicyclic) bond motifs is 3. The Bertz CT molecular complexity index is 1260. The van der Waals surface area contributed by atoms with Crippen LogP contribution in [-0.4, -0.2) is 29.6 Å². The summed E-state index contributed by atoms with van der Waals surface area (Å²) in [6, 6.07) is 13.8. The van der Waals surface area contributed by atoms with Gasteiger partial charge in [0.1, 0.15) is 0 Å². The fourth-order valence-electron chi connectivity index (χ4n) is 3.15. The molecule has 0 aliphatic heterocycles. The van der Waals surface area contributed by atoms with Gasteiger partial charge in [0.25, 0.3) is 0 Å². The predicted octanol–water partition coefficient (Wildman–Crippen LogP) is 4.46. The maximum absolute atomic E-state index is 5.98. The highest BCUT2D eigenvalue weighted by Crippen LogP contribution is 2.32. The fraction of sp³-hybridized carbons (Fsp3) is 0.111. The van der Waals surface area contributed by atoms with E-state index in [1.807, 2.05) is 31.2 Å². The lowest BCUT2D eigenvalue weighted by Crippen LogP contribution is -1.99. The van der Waals surface area contributed by atoms with Gasteiger partial charge < -0.3 is 0 Å². The summed E-state index contributed by atoms with van der Waals surface area (Å²) >= 11 is 7.60. The van der Waals surface area contributed by atoms with Gasteiger partial charge in [0, 0.05) is 5.02 Å². The summed E-state index contributed by atoms with van der Waals surface area (Å²) in [5, 5.41) is 18.1. The Morgan fingerprint density at radius 1 is 0.962 bits per heavy atom. The topological polar surface area (TPSA) is 60.9 Å². The van der Waals surface area contributed by atoms with E-state index in [1.54, 1.807) is 16.0 Å². The van der Waals surface area contributed by atoms with Crippen LogP contribution < -0.4 is 0 Å². The molecule has 0 amide bonds. The van der Waals surface area contributed by atoms with Crippen molar-refractivity contribution >= 4 is 38.1 Å². The Morgan fingerprint density at radius 3 is 2.58 bits per heavy atom. The average Bonchev–Trinajstić information content (AvgIpc) is 3.29. The summed E-state index contributed by atoms with van der Waals surface area (Å²) in [4.78, 5) is 0.852. The molecule has 0 spiro atoms. The van der Waals surface area contributed by atoms with E-state index in [2.05, 4.69) is 50.0 Å². The second-order valence-electron chi connectivity index (χ2n) is 6.08. The van der Waals surface area contributed by atoms with Crippen molar-refractivity contribution in [1.29, 1.82) is 0 Å². The van der Waals surface area contributed by atoms with Gasteiger partial charge in [-0.2, -0.15) is 0 Å². The van der Waals surface area contributed by atoms with Crippen LogP contribution in [0.25, 0.3) is 32.4 Å². The number of hydrogen-bond acceptors (Lipinski definition) is 5. The van der Waals surface area contributed by atoms with Crippen LogP contribution in [0.2, 0.25) is 5.02 Å². The molecule has 26 heavy (non-hydrogen) atoms. The molecular weight excluding hydrogens is 368 g/mol. The number of para-hydroxylation sites is 1. The molecule has 0 fully saturated rings. The van der Waals surface area contributed by atoms with E-state index in [-0.39, 0.29) is 0 Å². The van der Waals surface area contributed by atoms with Crippen molar-refractivity contribution in [1.82, 2.24) is 29.6 Å². The zero-order valence-electron chi connectivity index (χ0n) is 14.0. The number of aromatic nitrogens is 6. The highest BCUT2D eigenvalue weighted by atomic mass is 35.5. The average molecular weight is 381 g/mol. The Hall–Kier alpha value is -2.77. The summed E-state index contributed by atoms with van der Waals surface area (Å²) in [7, 11) is 0. The normalized spacial score (nSPS) is 11.7. The van der Waals surface area contributed by atoms with E-state index < -0.39 is 0 Å². The lowest BCUT2D eigenvalue weighted by atomic mass is 10.2. The second kappa shape index (κ2) is 5.62. The minimum atomic E-state index is 0.686. The zero-order valence-corrected chi connectivity index (χ0v) is 15.6. The van der Waals surface area contributed by atoms with Gasteiger partial charge >= 0.3 is 0 Å². The smallest absolute Gasteiger partial charge is 0.217 e. The highest BCUT2D eigenvalue weighted by Gasteiger charge is 2.21. The first-order valence-corrected chi connectivity index (χ1v) is 9.25. The van der Waals surface area contributed by atoms with Gasteiger partial charge in [-0.1, -0.05) is 40.3 Å². The van der Waals surface area contributed by atoms with Crippen LogP contribution in [0, 0.1) is 13.8 Å². The molecule has 0 aliphatic carbocycles. The molecular formula is C18H13ClN6S. The van der Waals surface area contributed by atoms with Crippen LogP contribution in [0.5, 0.6) is 0 Å². The number of benzene rings is 2. The van der Waals surface area contributed by atoms with Crippen molar-refractivity contribution in [2.75, 3.05) is 0 Å². The molecule has 8 heteroatoms. The summed E-state index contributed by atoms with van der Waals surface area (Å²) in [5.74, 6) is 0.707. The number of nitrogens with zero attached hydrogens (tertiary/aromatic N) is 6. The lowest BCUT2D eigenvalue weighted by molar-refractivity contribution is 0.785. The summed E-state index contributed by atoms with van der Waals surface area (Å²) < 4.78 is 5.03. The maximum Gasteiger partial charge on any atom is 0.217 e. The fourth-order valence-corrected chi connectivity index (χ4v) is 4.32. The molecule has 5 rings (SSSR count). The van der Waals surface area contributed by atoms with Crippen LogP contribution in [0.4, 0.5) is 0 Å². The van der Waals surface area contributed by atoms with Gasteiger partial charge in [-0.15, -0.1) is 15.3 Å². The van der Waals surface area contributed by atoms with Gasteiger partial charge in [-0.3, -0.25) is 4.40 Å². The molecule has 0 radical (unpaired) electrons. The minimum Gasteiger partial charge on any atom is -0.264 e. The molecule has 5 aromatic rings. The number of hydrogen-bond donors (Lipinski definition) is 0. The van der Waals surface area contributed by atoms with E-state index in [4.69, 9.17) is 11.6 Å². The van der Waals surface area contributed by atoms with Crippen molar-refractivity contribution in [2.45, 2.75) is 13.8 Å². The predicted molar refractivity (Wildman–Crippen MR) is 103 cm³/mol. The molecule has 0 saturated heterocycles. The maximum atomic E-state index is 5.98. The van der Waals surface area contributed by atoms with Crippen molar-refractivity contribution in [3.8, 4) is 17.2 Å². The van der Waals surface area contributed by atoms with E-state index in [0.29, 0.717) is 10.8 Å². The van der Waals surface area contributed by atoms with Crippen LogP contribution in [0.1, 0.15) is 11.3 Å². The number of halogens is 1. The number of thiazole rings is 1. The Labute approximate surface area is 157 Å². The molecule has 6 nitrogen and oxygen atoms in total. The monoisotopic (exact) mass is 380 g/mol. The molecule has 0 unspecified atom stereocenters. The van der Waals surface area contributed by atoms with E-state index in [0.717, 1.165) is 27.6 Å². The number of rotatable bonds is 2. The van der Waals surface area contributed by atoms with Gasteiger partial charge in [-0.25, -0.2) is 4.68 Å². The third-order valence-electron chi connectivity index (χ3n) is 4.44. The molecule has 0 aliphatic rings. The molecule has 0 bridgehead atoms. The van der Waals surface area contributed by atoms with Crippen molar-refractivity contribution in [3.05, 3.63) is 58.7 Å².